The Morgan fingerprint density at radius 3 is 2.30 bits per heavy atom. The maximum Gasteiger partial charge on any atom is 0.312 e. The van der Waals surface area contributed by atoms with Crippen LogP contribution in [-0.2, 0) is 4.79 Å². The number of hydrogen-bond donors (Lipinski definition) is 2. The first-order valence-electron chi connectivity index (χ1n) is 20.9. The van der Waals surface area contributed by atoms with Crippen LogP contribution in [-0.4, -0.2) is 54.4 Å². The van der Waals surface area contributed by atoms with Crippen LogP contribution in [0.25, 0.3) is 0 Å². The molecule has 5 fully saturated rings. The molecule has 280 valence electrons. The normalized spacial score (nSPS) is 46.1. The van der Waals surface area contributed by atoms with Gasteiger partial charge in [-0.25, -0.2) is 4.39 Å². The van der Waals surface area contributed by atoms with Gasteiger partial charge in [0.15, 0.2) is 0 Å². The summed E-state index contributed by atoms with van der Waals surface area (Å²) in [6.45, 7) is 26.6. The zero-order valence-electron chi connectivity index (χ0n) is 32.9. The quantitative estimate of drug-likeness (QED) is 0.249. The van der Waals surface area contributed by atoms with Crippen LogP contribution in [0.3, 0.4) is 0 Å². The first kappa shape index (κ1) is 36.9. The average molecular weight is 691 g/mol. The van der Waals surface area contributed by atoms with E-state index in [0.717, 1.165) is 24.8 Å². The van der Waals surface area contributed by atoms with Crippen LogP contribution in [0.2, 0.25) is 0 Å². The zero-order chi connectivity index (χ0) is 35.9. The summed E-state index contributed by atoms with van der Waals surface area (Å²) in [5.41, 5.74) is 4.08. The minimum Gasteiger partial charge on any atom is -0.481 e. The number of rotatable bonds is 8. The van der Waals surface area contributed by atoms with E-state index in [1.54, 1.807) is 0 Å². The van der Waals surface area contributed by atoms with Crippen molar-refractivity contribution in [1.82, 2.24) is 10.2 Å². The molecule has 0 amide bonds. The lowest BCUT2D eigenvalue weighted by Gasteiger charge is -2.72. The van der Waals surface area contributed by atoms with Gasteiger partial charge < -0.3 is 15.3 Å². The molecule has 0 bridgehead atoms. The molecule has 7 rings (SSSR count). The van der Waals surface area contributed by atoms with Crippen LogP contribution in [0.4, 0.5) is 4.39 Å². The third kappa shape index (κ3) is 5.41. The summed E-state index contributed by atoms with van der Waals surface area (Å²) in [5.74, 6) is 3.27. The molecular weight excluding hydrogens is 620 g/mol. The van der Waals surface area contributed by atoms with E-state index in [-0.39, 0.29) is 16.4 Å². The molecule has 10 atom stereocenters. The van der Waals surface area contributed by atoms with Gasteiger partial charge >= 0.3 is 5.97 Å². The lowest BCUT2D eigenvalue weighted by atomic mass is 9.33. The van der Waals surface area contributed by atoms with E-state index in [2.05, 4.69) is 77.4 Å². The highest BCUT2D eigenvalue weighted by atomic mass is 19.1. The van der Waals surface area contributed by atoms with Gasteiger partial charge in [0.1, 0.15) is 6.67 Å². The Morgan fingerprint density at radius 1 is 0.920 bits per heavy atom. The van der Waals surface area contributed by atoms with Gasteiger partial charge in [0, 0.05) is 18.6 Å². The molecule has 0 aromatic heterocycles. The minimum atomic E-state index is -1.24. The molecule has 4 saturated carbocycles. The molecule has 6 aliphatic carbocycles. The molecule has 0 radical (unpaired) electrons. The van der Waals surface area contributed by atoms with Gasteiger partial charge in [-0.05, 0) is 178 Å². The van der Waals surface area contributed by atoms with E-state index in [0.29, 0.717) is 53.8 Å². The number of carboxylic acids is 1. The Hall–Kier alpha value is -1.46. The number of carbonyl (C=O) groups is 1. The Kier molecular flexibility index (Phi) is 9.47. The molecule has 0 unspecified atom stereocenters. The summed E-state index contributed by atoms with van der Waals surface area (Å²) >= 11 is 0. The van der Waals surface area contributed by atoms with E-state index in [1.165, 1.54) is 101 Å². The van der Waals surface area contributed by atoms with E-state index in [9.17, 15) is 14.3 Å². The molecule has 0 spiro atoms. The van der Waals surface area contributed by atoms with Crippen LogP contribution >= 0.6 is 0 Å². The maximum atomic E-state index is 14.0. The number of carboxylic acid groups (broad SMARTS) is 1. The summed E-state index contributed by atoms with van der Waals surface area (Å²) in [4.78, 5) is 14.7. The van der Waals surface area contributed by atoms with Crippen LogP contribution < -0.4 is 5.32 Å². The van der Waals surface area contributed by atoms with Crippen LogP contribution in [0.5, 0.6) is 0 Å². The number of allylic oxidation sites excluding steroid dienone is 5. The predicted molar refractivity (Wildman–Crippen MR) is 204 cm³/mol. The van der Waals surface area contributed by atoms with Crippen molar-refractivity contribution in [3.05, 3.63) is 35.5 Å². The van der Waals surface area contributed by atoms with Gasteiger partial charge in [-0.2, -0.15) is 0 Å². The molecule has 1 aliphatic heterocycles. The van der Waals surface area contributed by atoms with E-state index in [4.69, 9.17) is 0 Å². The van der Waals surface area contributed by atoms with Crippen LogP contribution in [0.15, 0.2) is 35.5 Å². The Balaban J connectivity index is 1.14. The van der Waals surface area contributed by atoms with Crippen LogP contribution in [0.1, 0.15) is 138 Å². The number of hydrogen-bond acceptors (Lipinski definition) is 3. The first-order valence-corrected chi connectivity index (χ1v) is 20.9. The molecule has 1 saturated heterocycles. The van der Waals surface area contributed by atoms with Gasteiger partial charge in [0.05, 0.1) is 5.41 Å². The summed E-state index contributed by atoms with van der Waals surface area (Å²) in [5, 5.41) is 14.2. The average Bonchev–Trinajstić information content (AvgIpc) is 3.46. The molecule has 1 heterocycles. The number of alkyl halides is 1. The summed E-state index contributed by atoms with van der Waals surface area (Å²) in [6.07, 6.45) is 20.4. The highest BCUT2D eigenvalue weighted by molar-refractivity contribution is 5.75. The van der Waals surface area contributed by atoms with Crippen molar-refractivity contribution in [2.24, 2.45) is 62.6 Å². The zero-order valence-corrected chi connectivity index (χ0v) is 32.9. The molecule has 0 aromatic rings. The van der Waals surface area contributed by atoms with Crippen LogP contribution in [0, 0.1) is 62.6 Å². The molecular formula is C45H71FN2O2. The SMILES string of the molecule is C=C(C)[C@@H]1CC[C@]2(NCCN3CCC(C)CC3)CC[C@]3(C)[C@H](CC[C@@H]4[C@@]5(C)CC=C(C6=CC[C@@](CF)(C(=O)O)CC6)C(C)(C)[C@@H]5CC[C@]43C)[C@@H]12. The second kappa shape index (κ2) is 12.8. The van der Waals surface area contributed by atoms with E-state index in [1.807, 2.05) is 0 Å². The Bertz CT molecular complexity index is 1410. The van der Waals surface area contributed by atoms with Gasteiger partial charge in [-0.3, -0.25) is 4.79 Å². The minimum absolute atomic E-state index is 0.0192. The smallest absolute Gasteiger partial charge is 0.312 e. The fraction of sp³-hybridized carbons (Fsp3) is 0.844. The monoisotopic (exact) mass is 691 g/mol. The number of piperidine rings is 1. The molecule has 0 aromatic carbocycles. The molecule has 50 heavy (non-hydrogen) atoms. The molecule has 5 heteroatoms. The largest absolute Gasteiger partial charge is 0.481 e. The van der Waals surface area contributed by atoms with Gasteiger partial charge in [-0.1, -0.05) is 65.8 Å². The predicted octanol–water partition coefficient (Wildman–Crippen LogP) is 10.4. The molecule has 4 nitrogen and oxygen atoms in total. The van der Waals surface area contributed by atoms with Crippen molar-refractivity contribution in [2.45, 2.75) is 144 Å². The molecule has 7 aliphatic rings. The van der Waals surface area contributed by atoms with Gasteiger partial charge in [0.2, 0.25) is 0 Å². The number of fused-ring (bicyclic) bond motifs is 7. The summed E-state index contributed by atoms with van der Waals surface area (Å²) in [7, 11) is 0. The van der Waals surface area contributed by atoms with Gasteiger partial charge in [-0.15, -0.1) is 0 Å². The highest BCUT2D eigenvalue weighted by Gasteiger charge is 2.70. The van der Waals surface area contributed by atoms with Gasteiger partial charge in [0.25, 0.3) is 0 Å². The highest BCUT2D eigenvalue weighted by Crippen LogP contribution is 2.76. The van der Waals surface area contributed by atoms with Crippen molar-refractivity contribution in [3.8, 4) is 0 Å². The lowest BCUT2D eigenvalue weighted by molar-refractivity contribution is -0.221. The molecule has 2 N–H and O–H groups in total. The fourth-order valence-corrected chi connectivity index (χ4v) is 14.9. The number of nitrogens with zero attached hydrogens (tertiary/aromatic N) is 1. The van der Waals surface area contributed by atoms with E-state index >= 15 is 0 Å². The number of halogens is 1. The third-order valence-electron chi connectivity index (χ3n) is 18.1. The Morgan fingerprint density at radius 2 is 1.66 bits per heavy atom. The summed E-state index contributed by atoms with van der Waals surface area (Å²) in [6, 6.07) is 0. The third-order valence-corrected chi connectivity index (χ3v) is 18.1. The maximum absolute atomic E-state index is 14.0. The lowest BCUT2D eigenvalue weighted by Crippen LogP contribution is -2.68. The van der Waals surface area contributed by atoms with E-state index < -0.39 is 18.1 Å². The van der Waals surface area contributed by atoms with Crippen molar-refractivity contribution in [2.75, 3.05) is 32.9 Å². The number of likely N-dealkylation sites (tertiary alicyclic amines) is 1. The first-order chi connectivity index (χ1) is 23.6. The number of aliphatic carboxylic acids is 1. The topological polar surface area (TPSA) is 52.6 Å². The number of nitrogens with one attached hydrogen (secondary N) is 1. The van der Waals surface area contributed by atoms with Crippen molar-refractivity contribution < 1.29 is 14.3 Å². The summed E-state index contributed by atoms with van der Waals surface area (Å²) < 4.78 is 14.0. The second-order valence-electron chi connectivity index (χ2n) is 20.5. The standard InChI is InChI=1S/C45H71FN2O2/c1-30(2)33-13-22-45(47-25-28-48-26-16-31(3)17-27-48)24-23-42(7)35(38(33)45)9-10-37-41(6)18-14-34(40(4,5)36(41)15-19-43(37,42)8)32-11-20-44(29-46,21-12-32)39(49)50/h11,14,31,33,35-38,47H,1,9-10,12-13,15-29H2,2-8H3,(H,49,50)/t33-,35+,36-,37+,38+,41-,42+,43+,44+,45-/m0/s1. The van der Waals surface area contributed by atoms with Crippen molar-refractivity contribution in [3.63, 3.8) is 0 Å². The second-order valence-corrected chi connectivity index (χ2v) is 20.5. The fourth-order valence-electron chi connectivity index (χ4n) is 14.9. The van der Waals surface area contributed by atoms with Crippen molar-refractivity contribution in [1.29, 1.82) is 0 Å². The van der Waals surface area contributed by atoms with Crippen molar-refractivity contribution >= 4 is 5.97 Å². The Labute approximate surface area is 304 Å².